The Balaban J connectivity index is 2.58. The molecule has 1 aromatic carbocycles. The Bertz CT molecular complexity index is 470. The third kappa shape index (κ3) is 1.44. The van der Waals surface area contributed by atoms with Gasteiger partial charge in [-0.1, -0.05) is 33.6 Å². The van der Waals surface area contributed by atoms with Crippen LogP contribution in [0.3, 0.4) is 0 Å². The Morgan fingerprint density at radius 3 is 2.69 bits per heavy atom. The lowest BCUT2D eigenvalue weighted by Crippen LogP contribution is -2.41. The summed E-state index contributed by atoms with van der Waals surface area (Å²) in [6.45, 7) is 5.51. The molecule has 1 heterocycles. The van der Waals surface area contributed by atoms with Crippen LogP contribution in [0.1, 0.15) is 28.4 Å². The molecule has 0 bridgehead atoms. The normalized spacial score (nSPS) is 27.4. The van der Waals surface area contributed by atoms with Gasteiger partial charge in [-0.05, 0) is 26.3 Å². The third-order valence-corrected chi connectivity index (χ3v) is 4.31. The van der Waals surface area contributed by atoms with Crippen molar-refractivity contribution in [2.75, 3.05) is 0 Å². The number of carbonyl (C=O) groups is 1. The van der Waals surface area contributed by atoms with Gasteiger partial charge in [0.1, 0.15) is 5.75 Å². The number of alkyl halides is 1. The molecule has 3 nitrogen and oxygen atoms in total. The number of rotatable bonds is 1. The molecule has 0 amide bonds. The van der Waals surface area contributed by atoms with E-state index in [4.69, 9.17) is 4.74 Å². The lowest BCUT2D eigenvalue weighted by molar-refractivity contribution is -0.152. The summed E-state index contributed by atoms with van der Waals surface area (Å²) in [5.74, 6) is -0.264. The first-order valence-electron chi connectivity index (χ1n) is 5.04. The SMILES string of the molecule is Cc1cc(C)c2c(c1)C(Br)C(C)(C(=O)O)O2. The van der Waals surface area contributed by atoms with Crippen molar-refractivity contribution < 1.29 is 14.6 Å². The van der Waals surface area contributed by atoms with Gasteiger partial charge >= 0.3 is 5.97 Å². The molecule has 86 valence electrons. The summed E-state index contributed by atoms with van der Waals surface area (Å²) in [7, 11) is 0. The number of benzene rings is 1. The molecular weight excluding hydrogens is 272 g/mol. The van der Waals surface area contributed by atoms with Crippen molar-refractivity contribution >= 4 is 21.9 Å². The van der Waals surface area contributed by atoms with E-state index in [0.29, 0.717) is 5.75 Å². The van der Waals surface area contributed by atoms with Crippen LogP contribution in [0.2, 0.25) is 0 Å². The van der Waals surface area contributed by atoms with E-state index in [1.165, 1.54) is 0 Å². The van der Waals surface area contributed by atoms with Crippen LogP contribution in [0, 0.1) is 13.8 Å². The molecule has 0 radical (unpaired) electrons. The lowest BCUT2D eigenvalue weighted by atomic mass is 9.97. The van der Waals surface area contributed by atoms with Gasteiger partial charge in [-0.3, -0.25) is 0 Å². The average molecular weight is 285 g/mol. The number of fused-ring (bicyclic) bond motifs is 1. The predicted molar refractivity (Wildman–Crippen MR) is 64.3 cm³/mol. The zero-order valence-corrected chi connectivity index (χ0v) is 11.0. The van der Waals surface area contributed by atoms with Crippen LogP contribution in [0.25, 0.3) is 0 Å². The Labute approximate surface area is 103 Å². The quantitative estimate of drug-likeness (QED) is 0.807. The highest BCUT2D eigenvalue weighted by Gasteiger charge is 2.50. The maximum absolute atomic E-state index is 11.2. The Morgan fingerprint density at radius 2 is 2.12 bits per heavy atom. The molecule has 1 aliphatic heterocycles. The van der Waals surface area contributed by atoms with Crippen LogP contribution in [0.5, 0.6) is 5.75 Å². The van der Waals surface area contributed by atoms with Gasteiger partial charge < -0.3 is 9.84 Å². The number of halogens is 1. The van der Waals surface area contributed by atoms with Crippen LogP contribution in [0.4, 0.5) is 0 Å². The average Bonchev–Trinajstić information content (AvgIpc) is 2.43. The Hall–Kier alpha value is -1.03. The number of carboxylic acid groups (broad SMARTS) is 1. The summed E-state index contributed by atoms with van der Waals surface area (Å²) < 4.78 is 5.61. The lowest BCUT2D eigenvalue weighted by Gasteiger charge is -2.22. The maximum Gasteiger partial charge on any atom is 0.349 e. The fraction of sp³-hybridized carbons (Fsp3) is 0.417. The van der Waals surface area contributed by atoms with Gasteiger partial charge in [0.25, 0.3) is 0 Å². The molecule has 16 heavy (non-hydrogen) atoms. The summed E-state index contributed by atoms with van der Waals surface area (Å²) in [5.41, 5.74) is 1.78. The zero-order valence-electron chi connectivity index (χ0n) is 9.37. The molecule has 0 spiro atoms. The van der Waals surface area contributed by atoms with Gasteiger partial charge in [0.2, 0.25) is 5.60 Å². The number of ether oxygens (including phenoxy) is 1. The first-order valence-corrected chi connectivity index (χ1v) is 5.95. The molecular formula is C12H13BrO3. The topological polar surface area (TPSA) is 46.5 Å². The number of carboxylic acids is 1. The van der Waals surface area contributed by atoms with E-state index in [1.54, 1.807) is 6.92 Å². The monoisotopic (exact) mass is 284 g/mol. The molecule has 0 saturated heterocycles. The number of hydrogen-bond donors (Lipinski definition) is 1. The summed E-state index contributed by atoms with van der Waals surface area (Å²) in [5, 5.41) is 9.22. The highest BCUT2D eigenvalue weighted by Crippen LogP contribution is 2.50. The smallest absolute Gasteiger partial charge is 0.349 e. The van der Waals surface area contributed by atoms with E-state index in [-0.39, 0.29) is 4.83 Å². The summed E-state index contributed by atoms with van der Waals surface area (Å²) in [6, 6.07) is 3.96. The first-order chi connectivity index (χ1) is 7.36. The van der Waals surface area contributed by atoms with E-state index in [0.717, 1.165) is 16.7 Å². The molecule has 0 aromatic heterocycles. The van der Waals surface area contributed by atoms with Crippen molar-refractivity contribution in [2.45, 2.75) is 31.2 Å². The molecule has 1 N–H and O–H groups in total. The maximum atomic E-state index is 11.2. The highest BCUT2D eigenvalue weighted by atomic mass is 79.9. The van der Waals surface area contributed by atoms with Crippen molar-refractivity contribution in [3.8, 4) is 5.75 Å². The summed E-state index contributed by atoms with van der Waals surface area (Å²) in [4.78, 5) is 10.9. The van der Waals surface area contributed by atoms with Crippen molar-refractivity contribution in [3.63, 3.8) is 0 Å². The van der Waals surface area contributed by atoms with Crippen LogP contribution in [-0.2, 0) is 4.79 Å². The van der Waals surface area contributed by atoms with E-state index in [9.17, 15) is 9.90 Å². The van der Waals surface area contributed by atoms with Crippen molar-refractivity contribution in [2.24, 2.45) is 0 Å². The highest BCUT2D eigenvalue weighted by molar-refractivity contribution is 9.09. The fourth-order valence-electron chi connectivity index (χ4n) is 2.03. The van der Waals surface area contributed by atoms with Gasteiger partial charge in [-0.2, -0.15) is 0 Å². The predicted octanol–water partition coefficient (Wildman–Crippen LogP) is 2.98. The first kappa shape index (κ1) is 11.5. The molecule has 1 aromatic rings. The van der Waals surface area contributed by atoms with Gasteiger partial charge in [-0.25, -0.2) is 4.79 Å². The number of aliphatic carboxylic acids is 1. The second-order valence-electron chi connectivity index (χ2n) is 4.38. The minimum Gasteiger partial charge on any atom is -0.478 e. The zero-order chi connectivity index (χ0) is 12.1. The number of hydrogen-bond acceptors (Lipinski definition) is 2. The molecule has 2 unspecified atom stereocenters. The standard InChI is InChI=1S/C12H13BrO3/c1-6-4-7(2)9-8(5-6)10(13)12(3,16-9)11(14)15/h4-5,10H,1-3H3,(H,14,15). The van der Waals surface area contributed by atoms with Gasteiger partial charge in [0.05, 0.1) is 4.83 Å². The van der Waals surface area contributed by atoms with Crippen LogP contribution in [-0.4, -0.2) is 16.7 Å². The van der Waals surface area contributed by atoms with Crippen LogP contribution in [0.15, 0.2) is 12.1 Å². The molecule has 4 heteroatoms. The van der Waals surface area contributed by atoms with E-state index in [2.05, 4.69) is 15.9 Å². The van der Waals surface area contributed by atoms with E-state index >= 15 is 0 Å². The molecule has 0 saturated carbocycles. The van der Waals surface area contributed by atoms with Gasteiger partial charge in [0, 0.05) is 5.56 Å². The van der Waals surface area contributed by atoms with Crippen LogP contribution < -0.4 is 4.74 Å². The van der Waals surface area contributed by atoms with Crippen molar-refractivity contribution in [3.05, 3.63) is 28.8 Å². The minimum absolute atomic E-state index is 0.314. The van der Waals surface area contributed by atoms with Crippen molar-refractivity contribution in [1.29, 1.82) is 0 Å². The fourth-order valence-corrected chi connectivity index (χ4v) is 2.66. The third-order valence-electron chi connectivity index (χ3n) is 2.94. The second-order valence-corrected chi connectivity index (χ2v) is 5.29. The molecule has 2 rings (SSSR count). The van der Waals surface area contributed by atoms with Crippen molar-refractivity contribution in [1.82, 2.24) is 0 Å². The molecule has 0 aliphatic carbocycles. The second kappa shape index (κ2) is 3.48. The molecule has 1 aliphatic rings. The van der Waals surface area contributed by atoms with E-state index < -0.39 is 11.6 Å². The van der Waals surface area contributed by atoms with E-state index in [1.807, 2.05) is 26.0 Å². The van der Waals surface area contributed by atoms with Crippen LogP contribution >= 0.6 is 15.9 Å². The number of aryl methyl sites for hydroxylation is 2. The largest absolute Gasteiger partial charge is 0.478 e. The van der Waals surface area contributed by atoms with Gasteiger partial charge in [0.15, 0.2) is 0 Å². The summed E-state index contributed by atoms with van der Waals surface area (Å²) in [6.07, 6.45) is 0. The minimum atomic E-state index is -1.22. The molecule has 0 fully saturated rings. The summed E-state index contributed by atoms with van der Waals surface area (Å²) >= 11 is 3.42. The molecule has 2 atom stereocenters. The van der Waals surface area contributed by atoms with Gasteiger partial charge in [-0.15, -0.1) is 0 Å². The Kier molecular flexibility index (Phi) is 2.49. The Morgan fingerprint density at radius 1 is 1.50 bits per heavy atom.